The Balaban J connectivity index is 0.000000962. The van der Waals surface area contributed by atoms with Crippen LogP contribution in [-0.2, 0) is 59.0 Å². The van der Waals surface area contributed by atoms with Gasteiger partial charge >= 0.3 is 23.9 Å². The molecule has 0 bridgehead atoms. The molecule has 13 heteroatoms. The van der Waals surface area contributed by atoms with E-state index in [1.165, 1.54) is 0 Å². The summed E-state index contributed by atoms with van der Waals surface area (Å²) >= 11 is 0. The number of carbonyl (C=O) groups excluding carboxylic acids is 2. The number of hydrogen-bond donors (Lipinski definition) is 4. The van der Waals surface area contributed by atoms with Gasteiger partial charge in [-0.05, 0) is 57.1 Å². The predicted octanol–water partition coefficient (Wildman–Crippen LogP) is 5.03. The molecule has 51 heavy (non-hydrogen) atoms. The molecule has 2 rings (SSSR count). The number of benzene rings is 2. The molecular weight excluding hydrogens is 696 g/mol. The largest absolute Gasteiger partial charge is 0.480 e. The van der Waals surface area contributed by atoms with Gasteiger partial charge in [0.25, 0.3) is 0 Å². The summed E-state index contributed by atoms with van der Waals surface area (Å²) in [4.78, 5) is 70.8. The maximum absolute atomic E-state index is 12.5. The van der Waals surface area contributed by atoms with Gasteiger partial charge in [0.2, 0.25) is 0 Å². The fourth-order valence-corrected chi connectivity index (χ4v) is 5.92. The zero-order valence-corrected chi connectivity index (χ0v) is 32.2. The first kappa shape index (κ1) is 47.1. The Morgan fingerprint density at radius 2 is 0.667 bits per heavy atom. The summed E-state index contributed by atoms with van der Waals surface area (Å²) in [5.41, 5.74) is 6.35. The quantitative estimate of drug-likeness (QED) is 0.142. The molecule has 282 valence electrons. The molecule has 2 aromatic rings. The van der Waals surface area contributed by atoms with Crippen LogP contribution < -0.4 is 0 Å². The van der Waals surface area contributed by atoms with E-state index in [1.54, 1.807) is 0 Å². The predicted molar refractivity (Wildman–Crippen MR) is 190 cm³/mol. The Hall–Kier alpha value is -3.89. The normalized spacial score (nSPS) is 11.1. The van der Waals surface area contributed by atoms with Gasteiger partial charge in [-0.25, -0.2) is 0 Å². The number of carboxylic acid groups (broad SMARTS) is 4. The summed E-state index contributed by atoms with van der Waals surface area (Å²) in [6.45, 7) is 14.2. The van der Waals surface area contributed by atoms with Crippen LogP contribution >= 0.6 is 0 Å². The fraction of sp³-hybridized carbons (Fsp3) is 0.526. The molecule has 12 nitrogen and oxygen atoms in total. The molecule has 0 aliphatic carbocycles. The van der Waals surface area contributed by atoms with Crippen LogP contribution in [0.1, 0.15) is 112 Å². The Kier molecular flexibility index (Phi) is 21.1. The number of ketones is 2. The third-order valence-electron chi connectivity index (χ3n) is 7.97. The van der Waals surface area contributed by atoms with Crippen molar-refractivity contribution in [1.29, 1.82) is 0 Å². The van der Waals surface area contributed by atoms with Crippen LogP contribution in [0.5, 0.6) is 0 Å². The molecule has 0 amide bonds. The Morgan fingerprint density at radius 1 is 0.451 bits per heavy atom. The van der Waals surface area contributed by atoms with Gasteiger partial charge in [-0.3, -0.25) is 38.6 Å². The third-order valence-corrected chi connectivity index (χ3v) is 7.97. The Labute approximate surface area is 312 Å². The zero-order valence-electron chi connectivity index (χ0n) is 31.0. The number of carboxylic acids is 4. The Morgan fingerprint density at radius 3 is 0.843 bits per heavy atom. The Bertz CT molecular complexity index is 1310. The van der Waals surface area contributed by atoms with E-state index in [4.69, 9.17) is 20.4 Å². The van der Waals surface area contributed by atoms with Crippen LogP contribution in [0.3, 0.4) is 0 Å². The van der Waals surface area contributed by atoms with Crippen LogP contribution in [0.4, 0.5) is 0 Å². The molecule has 0 aromatic heterocycles. The number of rotatable bonds is 20. The van der Waals surface area contributed by atoms with Crippen LogP contribution in [0.15, 0.2) is 36.4 Å². The average Bonchev–Trinajstić information content (AvgIpc) is 2.95. The average molecular weight is 751 g/mol. The standard InChI is InChI=1S/2C19H27NO5.Cr/c2*1-12(2)15-6-5-7-16(13(3)4)17(15)8-14(21)9-20(10-18(22)23)11-19(24)25;/h2*5-7,12-13H,8-11H2,1-4H3,(H,22,23)(H,24,25);. The van der Waals surface area contributed by atoms with Crippen LogP contribution in [-0.4, -0.2) is 105 Å². The first-order chi connectivity index (χ1) is 23.2. The van der Waals surface area contributed by atoms with Gasteiger partial charge in [0.05, 0.1) is 39.3 Å². The summed E-state index contributed by atoms with van der Waals surface area (Å²) in [5.74, 6) is -3.94. The van der Waals surface area contributed by atoms with Crippen molar-refractivity contribution in [2.24, 2.45) is 0 Å². The van der Waals surface area contributed by atoms with Crippen molar-refractivity contribution in [3.05, 3.63) is 69.8 Å². The topological polar surface area (TPSA) is 190 Å². The second-order valence-electron chi connectivity index (χ2n) is 13.7. The van der Waals surface area contributed by atoms with Gasteiger partial charge < -0.3 is 20.4 Å². The van der Waals surface area contributed by atoms with Crippen molar-refractivity contribution in [3.63, 3.8) is 0 Å². The van der Waals surface area contributed by atoms with Gasteiger partial charge in [-0.2, -0.15) is 0 Å². The summed E-state index contributed by atoms with van der Waals surface area (Å²) in [5, 5.41) is 35.5. The van der Waals surface area contributed by atoms with E-state index >= 15 is 0 Å². The van der Waals surface area contributed by atoms with E-state index in [1.807, 2.05) is 36.4 Å². The molecule has 0 aliphatic rings. The van der Waals surface area contributed by atoms with Crippen LogP contribution in [0.25, 0.3) is 0 Å². The van der Waals surface area contributed by atoms with Gasteiger partial charge in [0, 0.05) is 30.2 Å². The molecule has 0 heterocycles. The second-order valence-corrected chi connectivity index (χ2v) is 13.7. The molecule has 4 N–H and O–H groups in total. The number of carbonyl (C=O) groups is 6. The zero-order chi connectivity index (χ0) is 38.3. The van der Waals surface area contributed by atoms with Crippen molar-refractivity contribution in [1.82, 2.24) is 9.80 Å². The van der Waals surface area contributed by atoms with E-state index in [0.29, 0.717) is 0 Å². The smallest absolute Gasteiger partial charge is 0.317 e. The molecule has 0 spiro atoms. The summed E-state index contributed by atoms with van der Waals surface area (Å²) in [6, 6.07) is 12.0. The molecule has 2 aromatic carbocycles. The molecule has 0 saturated carbocycles. The summed E-state index contributed by atoms with van der Waals surface area (Å²) < 4.78 is 0. The van der Waals surface area contributed by atoms with Crippen molar-refractivity contribution in [2.75, 3.05) is 39.3 Å². The van der Waals surface area contributed by atoms with Crippen molar-refractivity contribution >= 4 is 35.4 Å². The van der Waals surface area contributed by atoms with E-state index < -0.39 is 50.1 Å². The molecule has 0 radical (unpaired) electrons. The number of hydrogen-bond acceptors (Lipinski definition) is 8. The number of Topliss-reactive ketones (excluding diaryl/α,β-unsaturated/α-hetero) is 2. The van der Waals surface area contributed by atoms with E-state index in [0.717, 1.165) is 43.2 Å². The first-order valence-corrected chi connectivity index (χ1v) is 16.8. The molecule has 0 atom stereocenters. The molecule has 0 aliphatic heterocycles. The SMILES string of the molecule is CC(C)c1cccc(C(C)C)c1CC(=O)CN(CC(=O)O)CC(=O)O.CC(C)c1cccc(C(C)C)c1CC(=O)CN(CC(=O)O)CC(=O)O.[Cr]. The monoisotopic (exact) mass is 750 g/mol. The van der Waals surface area contributed by atoms with Crippen molar-refractivity contribution < 1.29 is 66.6 Å². The number of aliphatic carboxylic acids is 4. The fourth-order valence-electron chi connectivity index (χ4n) is 5.92. The molecule has 0 fully saturated rings. The minimum absolute atomic E-state index is 0. The maximum atomic E-state index is 12.5. The summed E-state index contributed by atoms with van der Waals surface area (Å²) in [7, 11) is 0. The van der Waals surface area contributed by atoms with E-state index in [-0.39, 0.29) is 78.5 Å². The third kappa shape index (κ3) is 17.3. The minimum Gasteiger partial charge on any atom is -0.480 e. The van der Waals surface area contributed by atoms with Crippen molar-refractivity contribution in [2.45, 2.75) is 91.9 Å². The molecule has 0 unspecified atom stereocenters. The second kappa shape index (κ2) is 22.8. The van der Waals surface area contributed by atoms with Gasteiger partial charge in [0.15, 0.2) is 11.6 Å². The van der Waals surface area contributed by atoms with Crippen molar-refractivity contribution in [3.8, 4) is 0 Å². The van der Waals surface area contributed by atoms with Crippen LogP contribution in [0, 0.1) is 0 Å². The van der Waals surface area contributed by atoms with E-state index in [9.17, 15) is 28.8 Å². The van der Waals surface area contributed by atoms with Gasteiger partial charge in [-0.15, -0.1) is 0 Å². The maximum Gasteiger partial charge on any atom is 0.317 e. The first-order valence-electron chi connectivity index (χ1n) is 16.8. The van der Waals surface area contributed by atoms with Gasteiger partial charge in [0.1, 0.15) is 0 Å². The van der Waals surface area contributed by atoms with Crippen LogP contribution in [0.2, 0.25) is 0 Å². The summed E-state index contributed by atoms with van der Waals surface area (Å²) in [6.07, 6.45) is 0.356. The minimum atomic E-state index is -1.15. The van der Waals surface area contributed by atoms with E-state index in [2.05, 4.69) is 55.4 Å². The molecular formula is C38H54CrN2O10. The van der Waals surface area contributed by atoms with Gasteiger partial charge in [-0.1, -0.05) is 91.8 Å². The number of nitrogens with zero attached hydrogens (tertiary/aromatic N) is 2. The molecule has 0 saturated heterocycles.